The molecule has 0 aliphatic carbocycles. The van der Waals surface area contributed by atoms with Gasteiger partial charge in [-0.3, -0.25) is 19.2 Å². The summed E-state index contributed by atoms with van der Waals surface area (Å²) in [5.74, 6) is 0.0931. The van der Waals surface area contributed by atoms with E-state index in [0.29, 0.717) is 12.1 Å². The van der Waals surface area contributed by atoms with Gasteiger partial charge < -0.3 is 5.32 Å². The zero-order valence-corrected chi connectivity index (χ0v) is 14.7. The lowest BCUT2D eigenvalue weighted by molar-refractivity contribution is -0.116. The maximum absolute atomic E-state index is 12.0. The Morgan fingerprint density at radius 2 is 1.88 bits per heavy atom. The van der Waals surface area contributed by atoms with Crippen LogP contribution in [-0.2, 0) is 14.9 Å². The normalized spacial score (nSPS) is 11.4. The van der Waals surface area contributed by atoms with Crippen LogP contribution in [0.15, 0.2) is 40.0 Å². The number of nitrogens with zero attached hydrogens (tertiary/aromatic N) is 1. The summed E-state index contributed by atoms with van der Waals surface area (Å²) in [5.41, 5.74) is -0.0262. The van der Waals surface area contributed by atoms with E-state index in [-0.39, 0.29) is 16.6 Å². The number of rotatable bonds is 8. The van der Waals surface area contributed by atoms with E-state index in [1.165, 1.54) is 35.0 Å². The molecule has 0 aliphatic heterocycles. The van der Waals surface area contributed by atoms with Crippen LogP contribution in [0.5, 0.6) is 0 Å². The fourth-order valence-corrected chi connectivity index (χ4v) is 2.82. The Kier molecular flexibility index (Phi) is 6.16. The van der Waals surface area contributed by atoms with Crippen molar-refractivity contribution < 1.29 is 17.8 Å². The van der Waals surface area contributed by atoms with Crippen molar-refractivity contribution in [3.63, 3.8) is 0 Å². The van der Waals surface area contributed by atoms with E-state index in [1.807, 2.05) is 0 Å². The van der Waals surface area contributed by atoms with Crippen LogP contribution >= 0.6 is 0 Å². The Balaban J connectivity index is 2.07. The van der Waals surface area contributed by atoms with Gasteiger partial charge in [0.2, 0.25) is 5.91 Å². The van der Waals surface area contributed by atoms with Gasteiger partial charge in [-0.15, -0.1) is 0 Å². The van der Waals surface area contributed by atoms with E-state index in [0.717, 1.165) is 25.7 Å². The minimum absolute atomic E-state index is 0.175. The molecule has 0 saturated heterocycles. The molecule has 25 heavy (non-hydrogen) atoms. The van der Waals surface area contributed by atoms with E-state index in [2.05, 4.69) is 17.3 Å². The fraction of sp³-hybridized carbons (Fsp3) is 0.375. The molecule has 0 atom stereocenters. The molecule has 1 aromatic heterocycles. The number of benzene rings is 1. The predicted octanol–water partition coefficient (Wildman–Crippen LogP) is 2.32. The quantitative estimate of drug-likeness (QED) is 0.488. The average Bonchev–Trinajstić information content (AvgIpc) is 2.91. The molecule has 0 fully saturated rings. The van der Waals surface area contributed by atoms with Crippen LogP contribution in [0.3, 0.4) is 0 Å². The van der Waals surface area contributed by atoms with E-state index in [9.17, 15) is 18.0 Å². The Bertz CT molecular complexity index is 881. The lowest BCUT2D eigenvalue weighted by Crippen LogP contribution is -2.14. The average molecular weight is 367 g/mol. The Morgan fingerprint density at radius 3 is 2.48 bits per heavy atom. The van der Waals surface area contributed by atoms with Crippen LogP contribution in [-0.4, -0.2) is 28.7 Å². The number of nitrogens with one attached hydrogen (secondary N) is 2. The molecule has 0 radical (unpaired) electrons. The summed E-state index contributed by atoms with van der Waals surface area (Å²) < 4.78 is 32.2. The summed E-state index contributed by atoms with van der Waals surface area (Å²) in [6.45, 7) is 2.09. The van der Waals surface area contributed by atoms with Gasteiger partial charge in [-0.2, -0.15) is 8.42 Å². The third-order valence-corrected chi connectivity index (χ3v) is 4.51. The summed E-state index contributed by atoms with van der Waals surface area (Å²) >= 11 is 0. The maximum atomic E-state index is 12.0. The number of aromatic nitrogens is 2. The summed E-state index contributed by atoms with van der Waals surface area (Å²) in [6, 6.07) is 6.36. The van der Waals surface area contributed by atoms with Crippen LogP contribution in [0.4, 0.5) is 5.82 Å². The second kappa shape index (κ2) is 8.13. The molecule has 2 aromatic rings. The van der Waals surface area contributed by atoms with Gasteiger partial charge in [-0.25, -0.2) is 4.68 Å². The standard InChI is InChI=1S/C16H21N3O5S/c1-2-3-4-5-6-15(20)17-14-11-16(21)19(18-14)12-7-9-13(10-8-12)25(22,23)24/h7-11,18H,2-6H2,1H3,(H,17,20)(H,22,23,24). The zero-order chi connectivity index (χ0) is 18.4. The SMILES string of the molecule is CCCCCCC(=O)Nc1cc(=O)n(-c2ccc(S(=O)(=O)O)cc2)[nH]1. The minimum atomic E-state index is -4.29. The van der Waals surface area contributed by atoms with Gasteiger partial charge in [0, 0.05) is 12.5 Å². The fourth-order valence-electron chi connectivity index (χ4n) is 2.34. The highest BCUT2D eigenvalue weighted by Crippen LogP contribution is 2.13. The number of amides is 1. The lowest BCUT2D eigenvalue weighted by atomic mass is 10.1. The van der Waals surface area contributed by atoms with Crippen molar-refractivity contribution in [1.29, 1.82) is 0 Å². The predicted molar refractivity (Wildman–Crippen MR) is 93.6 cm³/mol. The molecule has 3 N–H and O–H groups in total. The molecule has 9 heteroatoms. The van der Waals surface area contributed by atoms with Crippen molar-refractivity contribution in [1.82, 2.24) is 9.78 Å². The molecule has 0 spiro atoms. The molecule has 0 aliphatic rings. The zero-order valence-electron chi connectivity index (χ0n) is 13.9. The van der Waals surface area contributed by atoms with E-state index < -0.39 is 15.7 Å². The lowest BCUT2D eigenvalue weighted by Gasteiger charge is -2.04. The topological polar surface area (TPSA) is 121 Å². The van der Waals surface area contributed by atoms with Crippen molar-refractivity contribution in [3.8, 4) is 5.69 Å². The van der Waals surface area contributed by atoms with Crippen molar-refractivity contribution in [3.05, 3.63) is 40.7 Å². The van der Waals surface area contributed by atoms with Crippen molar-refractivity contribution in [2.75, 3.05) is 5.32 Å². The third-order valence-electron chi connectivity index (χ3n) is 3.64. The monoisotopic (exact) mass is 367 g/mol. The number of carbonyl (C=O) groups is 1. The van der Waals surface area contributed by atoms with Crippen molar-refractivity contribution in [2.24, 2.45) is 0 Å². The highest BCUT2D eigenvalue weighted by Gasteiger charge is 2.11. The summed E-state index contributed by atoms with van der Waals surface area (Å²) in [7, 11) is -4.29. The molecule has 0 saturated carbocycles. The second-order valence-electron chi connectivity index (χ2n) is 5.67. The van der Waals surface area contributed by atoms with Gasteiger partial charge in [0.05, 0.1) is 10.6 Å². The number of hydrogen-bond donors (Lipinski definition) is 3. The van der Waals surface area contributed by atoms with Crippen molar-refractivity contribution in [2.45, 2.75) is 43.9 Å². The van der Waals surface area contributed by atoms with Crippen LogP contribution in [0.1, 0.15) is 39.0 Å². The van der Waals surface area contributed by atoms with Crippen LogP contribution in [0.25, 0.3) is 5.69 Å². The molecule has 1 heterocycles. The van der Waals surface area contributed by atoms with Crippen LogP contribution in [0.2, 0.25) is 0 Å². The molecule has 0 unspecified atom stereocenters. The maximum Gasteiger partial charge on any atom is 0.294 e. The largest absolute Gasteiger partial charge is 0.311 e. The van der Waals surface area contributed by atoms with Gasteiger partial charge in [0.25, 0.3) is 15.7 Å². The van der Waals surface area contributed by atoms with E-state index in [1.54, 1.807) is 0 Å². The third kappa shape index (κ3) is 5.30. The minimum Gasteiger partial charge on any atom is -0.311 e. The number of hydrogen-bond acceptors (Lipinski definition) is 4. The Labute approximate surface area is 145 Å². The number of carbonyl (C=O) groups excluding carboxylic acids is 1. The first-order chi connectivity index (χ1) is 11.8. The summed E-state index contributed by atoms with van der Waals surface area (Å²) in [6.07, 6.45) is 4.34. The van der Waals surface area contributed by atoms with Crippen LogP contribution in [0, 0.1) is 0 Å². The number of anilines is 1. The smallest absolute Gasteiger partial charge is 0.294 e. The first-order valence-corrected chi connectivity index (χ1v) is 9.45. The molecular formula is C16H21N3O5S. The van der Waals surface area contributed by atoms with Gasteiger partial charge >= 0.3 is 0 Å². The molecule has 2 rings (SSSR count). The van der Waals surface area contributed by atoms with Gasteiger partial charge in [-0.05, 0) is 30.7 Å². The van der Waals surface area contributed by atoms with E-state index in [4.69, 9.17) is 4.55 Å². The Morgan fingerprint density at radius 1 is 1.20 bits per heavy atom. The first kappa shape index (κ1) is 18.9. The van der Waals surface area contributed by atoms with Gasteiger partial charge in [-0.1, -0.05) is 26.2 Å². The van der Waals surface area contributed by atoms with E-state index >= 15 is 0 Å². The number of aromatic amines is 1. The van der Waals surface area contributed by atoms with Crippen LogP contribution < -0.4 is 10.9 Å². The Hall–Kier alpha value is -2.39. The first-order valence-electron chi connectivity index (χ1n) is 8.01. The van der Waals surface area contributed by atoms with Gasteiger partial charge in [0.1, 0.15) is 5.82 Å². The molecule has 1 amide bonds. The highest BCUT2D eigenvalue weighted by molar-refractivity contribution is 7.85. The number of unbranched alkanes of at least 4 members (excludes halogenated alkanes) is 3. The molecule has 1 aromatic carbocycles. The molecule has 0 bridgehead atoms. The number of H-pyrrole nitrogens is 1. The molecule has 136 valence electrons. The molecular weight excluding hydrogens is 346 g/mol. The highest BCUT2D eigenvalue weighted by atomic mass is 32.2. The second-order valence-corrected chi connectivity index (χ2v) is 7.09. The molecule has 8 nitrogen and oxygen atoms in total. The van der Waals surface area contributed by atoms with Crippen molar-refractivity contribution >= 4 is 21.8 Å². The summed E-state index contributed by atoms with van der Waals surface area (Å²) in [4.78, 5) is 23.6. The van der Waals surface area contributed by atoms with Gasteiger partial charge in [0.15, 0.2) is 0 Å². The summed E-state index contributed by atoms with van der Waals surface area (Å²) in [5, 5.41) is 5.38.